The van der Waals surface area contributed by atoms with Crippen LogP contribution >= 0.6 is 0 Å². The van der Waals surface area contributed by atoms with E-state index in [9.17, 15) is 22.8 Å². The molecule has 0 bridgehead atoms. The van der Waals surface area contributed by atoms with E-state index in [1.165, 1.54) is 12.3 Å². The van der Waals surface area contributed by atoms with Crippen molar-refractivity contribution < 1.29 is 22.8 Å². The average molecular weight is 392 g/mol. The third kappa shape index (κ3) is 4.59. The molecule has 0 unspecified atom stereocenters. The Morgan fingerprint density at radius 1 is 1.14 bits per heavy atom. The molecule has 2 aromatic rings. The van der Waals surface area contributed by atoms with E-state index in [1.807, 2.05) is 0 Å². The van der Waals surface area contributed by atoms with Gasteiger partial charge >= 0.3 is 6.18 Å². The number of hydrogen-bond donors (Lipinski definition) is 2. The number of benzene rings is 1. The standard InChI is InChI=1S/C19H19F3N4O2/c20-19(21,22)15-3-1-9-23-17(15)24-10-11-25-18(28)13-5-7-14(8-6-13)26-12-2-4-16(26)27/h1,3,5-9H,2,4,10-12H2,(H,23,24)(H,25,28). The maximum Gasteiger partial charge on any atom is 0.419 e. The lowest BCUT2D eigenvalue weighted by molar-refractivity contribution is -0.137. The molecular weight excluding hydrogens is 373 g/mol. The van der Waals surface area contributed by atoms with Gasteiger partial charge in [0, 0.05) is 43.5 Å². The number of anilines is 2. The molecular formula is C19H19F3N4O2. The molecule has 9 heteroatoms. The Morgan fingerprint density at radius 3 is 2.54 bits per heavy atom. The van der Waals surface area contributed by atoms with Gasteiger partial charge in [-0.25, -0.2) is 4.98 Å². The smallest absolute Gasteiger partial charge is 0.368 e. The van der Waals surface area contributed by atoms with Crippen LogP contribution in [-0.4, -0.2) is 36.4 Å². The first-order chi connectivity index (χ1) is 13.4. The van der Waals surface area contributed by atoms with E-state index < -0.39 is 11.7 Å². The van der Waals surface area contributed by atoms with Gasteiger partial charge in [0.25, 0.3) is 5.91 Å². The van der Waals surface area contributed by atoms with Crippen LogP contribution in [0.2, 0.25) is 0 Å². The molecule has 6 nitrogen and oxygen atoms in total. The predicted molar refractivity (Wildman–Crippen MR) is 98.1 cm³/mol. The van der Waals surface area contributed by atoms with Gasteiger partial charge in [-0.2, -0.15) is 13.2 Å². The van der Waals surface area contributed by atoms with E-state index in [1.54, 1.807) is 29.2 Å². The summed E-state index contributed by atoms with van der Waals surface area (Å²) in [5.41, 5.74) is 0.299. The Bertz CT molecular complexity index is 853. The Labute approximate surface area is 159 Å². The number of carbonyl (C=O) groups excluding carboxylic acids is 2. The zero-order valence-corrected chi connectivity index (χ0v) is 14.9. The third-order valence-electron chi connectivity index (χ3n) is 4.33. The van der Waals surface area contributed by atoms with Crippen molar-refractivity contribution >= 4 is 23.3 Å². The van der Waals surface area contributed by atoms with E-state index in [0.717, 1.165) is 18.2 Å². The second-order valence-corrected chi connectivity index (χ2v) is 6.28. The zero-order chi connectivity index (χ0) is 20.1. The molecule has 1 aliphatic heterocycles. The van der Waals surface area contributed by atoms with Gasteiger partial charge in [0.2, 0.25) is 5.91 Å². The van der Waals surface area contributed by atoms with E-state index in [0.29, 0.717) is 18.5 Å². The first kappa shape index (κ1) is 19.7. The summed E-state index contributed by atoms with van der Waals surface area (Å²) in [7, 11) is 0. The van der Waals surface area contributed by atoms with Crippen molar-refractivity contribution in [2.24, 2.45) is 0 Å². The fraction of sp³-hybridized carbons (Fsp3) is 0.316. The highest BCUT2D eigenvalue weighted by Crippen LogP contribution is 2.33. The number of amides is 2. The summed E-state index contributed by atoms with van der Waals surface area (Å²) in [6.07, 6.45) is -1.89. The maximum atomic E-state index is 12.9. The van der Waals surface area contributed by atoms with Gasteiger partial charge < -0.3 is 15.5 Å². The number of rotatable bonds is 6. The fourth-order valence-electron chi connectivity index (χ4n) is 2.95. The third-order valence-corrected chi connectivity index (χ3v) is 4.33. The van der Waals surface area contributed by atoms with Crippen molar-refractivity contribution in [1.82, 2.24) is 10.3 Å². The Morgan fingerprint density at radius 2 is 1.89 bits per heavy atom. The molecule has 1 saturated heterocycles. The van der Waals surface area contributed by atoms with Gasteiger partial charge in [-0.15, -0.1) is 0 Å². The number of aromatic nitrogens is 1. The lowest BCUT2D eigenvalue weighted by Gasteiger charge is -2.16. The zero-order valence-electron chi connectivity index (χ0n) is 14.9. The summed E-state index contributed by atoms with van der Waals surface area (Å²) in [4.78, 5) is 29.3. The van der Waals surface area contributed by atoms with Crippen molar-refractivity contribution in [1.29, 1.82) is 0 Å². The molecule has 0 aliphatic carbocycles. The number of carbonyl (C=O) groups is 2. The monoisotopic (exact) mass is 392 g/mol. The van der Waals surface area contributed by atoms with Crippen molar-refractivity contribution in [3.63, 3.8) is 0 Å². The minimum absolute atomic E-state index is 0.0658. The predicted octanol–water partition coefficient (Wildman–Crippen LogP) is 3.07. The summed E-state index contributed by atoms with van der Waals surface area (Å²) >= 11 is 0. The molecule has 0 atom stereocenters. The second-order valence-electron chi connectivity index (χ2n) is 6.28. The first-order valence-corrected chi connectivity index (χ1v) is 8.81. The van der Waals surface area contributed by atoms with Crippen LogP contribution in [0.1, 0.15) is 28.8 Å². The molecule has 0 radical (unpaired) electrons. The minimum Gasteiger partial charge on any atom is -0.368 e. The molecule has 1 fully saturated rings. The van der Waals surface area contributed by atoms with Gasteiger partial charge in [-0.1, -0.05) is 0 Å². The number of hydrogen-bond acceptors (Lipinski definition) is 4. The van der Waals surface area contributed by atoms with Crippen LogP contribution < -0.4 is 15.5 Å². The van der Waals surface area contributed by atoms with E-state index >= 15 is 0 Å². The summed E-state index contributed by atoms with van der Waals surface area (Å²) in [6, 6.07) is 8.81. The quantitative estimate of drug-likeness (QED) is 0.741. The van der Waals surface area contributed by atoms with Gasteiger partial charge in [-0.05, 0) is 42.8 Å². The maximum absolute atomic E-state index is 12.9. The highest BCUT2D eigenvalue weighted by atomic mass is 19.4. The number of nitrogens with zero attached hydrogens (tertiary/aromatic N) is 2. The topological polar surface area (TPSA) is 74.3 Å². The number of halogens is 3. The number of alkyl halides is 3. The first-order valence-electron chi connectivity index (χ1n) is 8.81. The Balaban J connectivity index is 1.51. The molecule has 1 aromatic heterocycles. The van der Waals surface area contributed by atoms with Crippen LogP contribution in [0.4, 0.5) is 24.7 Å². The van der Waals surface area contributed by atoms with E-state index in [2.05, 4.69) is 15.6 Å². The molecule has 0 spiro atoms. The van der Waals surface area contributed by atoms with Crippen LogP contribution in [0.15, 0.2) is 42.6 Å². The summed E-state index contributed by atoms with van der Waals surface area (Å²) in [6.45, 7) is 0.884. The molecule has 0 saturated carbocycles. The molecule has 2 amide bonds. The molecule has 1 aromatic carbocycles. The molecule has 1 aliphatic rings. The summed E-state index contributed by atoms with van der Waals surface area (Å²) < 4.78 is 38.7. The average Bonchev–Trinajstić information content (AvgIpc) is 3.10. The highest BCUT2D eigenvalue weighted by molar-refractivity contribution is 5.97. The van der Waals surface area contributed by atoms with E-state index in [4.69, 9.17) is 0 Å². The SMILES string of the molecule is O=C(NCCNc1ncccc1C(F)(F)F)c1ccc(N2CCCC2=O)cc1. The Kier molecular flexibility index (Phi) is 5.81. The van der Waals surface area contributed by atoms with Gasteiger partial charge in [0.1, 0.15) is 5.82 Å². The van der Waals surface area contributed by atoms with Crippen molar-refractivity contribution in [2.45, 2.75) is 19.0 Å². The van der Waals surface area contributed by atoms with Crippen molar-refractivity contribution in [2.75, 3.05) is 29.9 Å². The van der Waals surface area contributed by atoms with Gasteiger partial charge in [0.05, 0.1) is 5.56 Å². The Hall–Kier alpha value is -3.10. The lowest BCUT2D eigenvalue weighted by Crippen LogP contribution is -2.29. The van der Waals surface area contributed by atoms with Gasteiger partial charge in [0.15, 0.2) is 0 Å². The summed E-state index contributed by atoms with van der Waals surface area (Å²) in [5, 5.41) is 5.22. The molecule has 2 N–H and O–H groups in total. The van der Waals surface area contributed by atoms with Crippen LogP contribution in [0.25, 0.3) is 0 Å². The molecule has 148 valence electrons. The van der Waals surface area contributed by atoms with E-state index in [-0.39, 0.29) is 30.7 Å². The highest BCUT2D eigenvalue weighted by Gasteiger charge is 2.33. The number of pyridine rings is 1. The molecule has 28 heavy (non-hydrogen) atoms. The summed E-state index contributed by atoms with van der Waals surface area (Å²) in [5.74, 6) is -0.557. The van der Waals surface area contributed by atoms with Crippen LogP contribution in [0.5, 0.6) is 0 Å². The van der Waals surface area contributed by atoms with Crippen molar-refractivity contribution in [3.05, 3.63) is 53.7 Å². The molecule has 3 rings (SSSR count). The number of nitrogens with one attached hydrogen (secondary N) is 2. The lowest BCUT2D eigenvalue weighted by atomic mass is 10.2. The van der Waals surface area contributed by atoms with Crippen LogP contribution in [-0.2, 0) is 11.0 Å². The normalized spacial score (nSPS) is 14.2. The van der Waals surface area contributed by atoms with Crippen LogP contribution in [0.3, 0.4) is 0 Å². The second kappa shape index (κ2) is 8.28. The molecule has 2 heterocycles. The van der Waals surface area contributed by atoms with Crippen molar-refractivity contribution in [3.8, 4) is 0 Å². The minimum atomic E-state index is -4.50. The van der Waals surface area contributed by atoms with Gasteiger partial charge in [-0.3, -0.25) is 9.59 Å². The fourth-order valence-corrected chi connectivity index (χ4v) is 2.95. The van der Waals surface area contributed by atoms with Crippen LogP contribution in [0, 0.1) is 0 Å². The largest absolute Gasteiger partial charge is 0.419 e.